The molecule has 0 saturated heterocycles. The van der Waals surface area contributed by atoms with Crippen molar-refractivity contribution < 1.29 is 13.6 Å². The number of hydrogen-bond donors (Lipinski definition) is 2. The molecule has 0 heterocycles. The molecule has 1 atom stereocenters. The second kappa shape index (κ2) is 6.30. The van der Waals surface area contributed by atoms with E-state index in [-0.39, 0.29) is 23.9 Å². The van der Waals surface area contributed by atoms with Gasteiger partial charge >= 0.3 is 0 Å². The summed E-state index contributed by atoms with van der Waals surface area (Å²) in [7, 11) is 0. The number of benzene rings is 1. The summed E-state index contributed by atoms with van der Waals surface area (Å²) < 4.78 is 26.1. The fourth-order valence-corrected chi connectivity index (χ4v) is 1.35. The molecule has 17 heavy (non-hydrogen) atoms. The molecule has 94 valence electrons. The zero-order valence-electron chi connectivity index (χ0n) is 9.67. The maximum atomic E-state index is 13.2. The van der Waals surface area contributed by atoms with Gasteiger partial charge in [-0.2, -0.15) is 0 Å². The Morgan fingerprint density at radius 3 is 2.82 bits per heavy atom. The largest absolute Gasteiger partial charge is 0.356 e. The maximum Gasteiger partial charge on any atom is 0.224 e. The number of carbonyl (C=O) groups is 1. The summed E-state index contributed by atoms with van der Waals surface area (Å²) in [6.07, 6.45) is 0.486. The summed E-state index contributed by atoms with van der Waals surface area (Å²) in [6.45, 7) is 2.27. The highest BCUT2D eigenvalue weighted by molar-refractivity contribution is 5.78. The summed E-state index contributed by atoms with van der Waals surface area (Å²) in [5.74, 6) is -1.46. The first-order chi connectivity index (χ1) is 7.99. The standard InChI is InChI=1S/C12H16F2N2O/c1-8(15)4-5-16-12(17)7-9-6-10(13)2-3-11(9)14/h2-3,6,8H,4-5,7,15H2,1H3,(H,16,17). The van der Waals surface area contributed by atoms with Gasteiger partial charge in [0.1, 0.15) is 11.6 Å². The highest BCUT2D eigenvalue weighted by atomic mass is 19.1. The zero-order chi connectivity index (χ0) is 12.8. The molecule has 0 aliphatic carbocycles. The Labute approximate surface area is 99.0 Å². The molecule has 0 fully saturated rings. The molecule has 1 aromatic rings. The van der Waals surface area contributed by atoms with Crippen LogP contribution >= 0.6 is 0 Å². The summed E-state index contributed by atoms with van der Waals surface area (Å²) in [5.41, 5.74) is 5.57. The average Bonchev–Trinajstić information content (AvgIpc) is 2.23. The van der Waals surface area contributed by atoms with E-state index < -0.39 is 11.6 Å². The SMILES string of the molecule is CC(N)CCNC(=O)Cc1cc(F)ccc1F. The molecule has 0 radical (unpaired) electrons. The third-order valence-corrected chi connectivity index (χ3v) is 2.28. The Bertz CT molecular complexity index is 394. The highest BCUT2D eigenvalue weighted by Gasteiger charge is 2.09. The van der Waals surface area contributed by atoms with Crippen molar-refractivity contribution in [3.05, 3.63) is 35.4 Å². The number of rotatable bonds is 5. The number of carbonyl (C=O) groups excluding carboxylic acids is 1. The van der Waals surface area contributed by atoms with Crippen LogP contribution in [-0.4, -0.2) is 18.5 Å². The van der Waals surface area contributed by atoms with Crippen molar-refractivity contribution in [2.45, 2.75) is 25.8 Å². The van der Waals surface area contributed by atoms with Gasteiger partial charge in [0.25, 0.3) is 0 Å². The van der Waals surface area contributed by atoms with Crippen molar-refractivity contribution in [1.29, 1.82) is 0 Å². The third-order valence-electron chi connectivity index (χ3n) is 2.28. The minimum Gasteiger partial charge on any atom is -0.356 e. The lowest BCUT2D eigenvalue weighted by Crippen LogP contribution is -2.30. The number of nitrogens with one attached hydrogen (secondary N) is 1. The fraction of sp³-hybridized carbons (Fsp3) is 0.417. The number of hydrogen-bond acceptors (Lipinski definition) is 2. The van der Waals surface area contributed by atoms with E-state index in [4.69, 9.17) is 5.73 Å². The molecule has 1 unspecified atom stereocenters. The molecular weight excluding hydrogens is 226 g/mol. The molecule has 1 amide bonds. The molecule has 0 aliphatic heterocycles. The first-order valence-electron chi connectivity index (χ1n) is 5.45. The summed E-state index contributed by atoms with van der Waals surface area (Å²) in [6, 6.07) is 3.06. The van der Waals surface area contributed by atoms with E-state index in [1.807, 2.05) is 6.92 Å². The predicted molar refractivity (Wildman–Crippen MR) is 61.3 cm³/mol. The van der Waals surface area contributed by atoms with Gasteiger partial charge in [-0.3, -0.25) is 4.79 Å². The number of nitrogens with two attached hydrogens (primary N) is 1. The second-order valence-electron chi connectivity index (χ2n) is 4.03. The van der Waals surface area contributed by atoms with E-state index in [0.29, 0.717) is 13.0 Å². The van der Waals surface area contributed by atoms with Crippen LogP contribution < -0.4 is 11.1 Å². The van der Waals surface area contributed by atoms with Crippen LogP contribution in [0.4, 0.5) is 8.78 Å². The summed E-state index contributed by atoms with van der Waals surface area (Å²) >= 11 is 0. The Hall–Kier alpha value is -1.49. The normalized spacial score (nSPS) is 12.2. The minimum absolute atomic E-state index is 0.00112. The Balaban J connectivity index is 2.47. The highest BCUT2D eigenvalue weighted by Crippen LogP contribution is 2.10. The minimum atomic E-state index is -0.575. The Morgan fingerprint density at radius 2 is 2.18 bits per heavy atom. The quantitative estimate of drug-likeness (QED) is 0.819. The van der Waals surface area contributed by atoms with Crippen molar-refractivity contribution in [2.24, 2.45) is 5.73 Å². The zero-order valence-corrected chi connectivity index (χ0v) is 9.67. The van der Waals surface area contributed by atoms with Crippen LogP contribution in [0.1, 0.15) is 18.9 Å². The van der Waals surface area contributed by atoms with E-state index in [0.717, 1.165) is 18.2 Å². The molecule has 0 aliphatic rings. The van der Waals surface area contributed by atoms with Crippen LogP contribution in [-0.2, 0) is 11.2 Å². The van der Waals surface area contributed by atoms with Crippen LogP contribution in [0.3, 0.4) is 0 Å². The number of halogens is 2. The van der Waals surface area contributed by atoms with Crippen LogP contribution in [0.15, 0.2) is 18.2 Å². The van der Waals surface area contributed by atoms with Crippen molar-refractivity contribution in [1.82, 2.24) is 5.32 Å². The molecular formula is C12H16F2N2O. The van der Waals surface area contributed by atoms with Crippen molar-refractivity contribution in [3.8, 4) is 0 Å². The molecule has 3 nitrogen and oxygen atoms in total. The molecule has 5 heteroatoms. The van der Waals surface area contributed by atoms with Crippen LogP contribution in [0, 0.1) is 11.6 Å². The van der Waals surface area contributed by atoms with Gasteiger partial charge in [-0.1, -0.05) is 0 Å². The van der Waals surface area contributed by atoms with E-state index in [1.165, 1.54) is 0 Å². The predicted octanol–water partition coefficient (Wildman–Crippen LogP) is 1.36. The Kier molecular flexibility index (Phi) is 5.03. The lowest BCUT2D eigenvalue weighted by molar-refractivity contribution is -0.120. The lowest BCUT2D eigenvalue weighted by Gasteiger charge is -2.07. The smallest absolute Gasteiger partial charge is 0.224 e. The first kappa shape index (κ1) is 13.6. The third kappa shape index (κ3) is 4.91. The average molecular weight is 242 g/mol. The van der Waals surface area contributed by atoms with Crippen LogP contribution in [0.5, 0.6) is 0 Å². The van der Waals surface area contributed by atoms with E-state index in [1.54, 1.807) is 0 Å². The molecule has 3 N–H and O–H groups in total. The first-order valence-corrected chi connectivity index (χ1v) is 5.45. The molecule has 1 aromatic carbocycles. The molecule has 1 rings (SSSR count). The van der Waals surface area contributed by atoms with Gasteiger partial charge in [-0.25, -0.2) is 8.78 Å². The molecule has 0 saturated carbocycles. The molecule has 0 aromatic heterocycles. The van der Waals surface area contributed by atoms with E-state index in [2.05, 4.69) is 5.32 Å². The van der Waals surface area contributed by atoms with Gasteiger partial charge in [-0.05, 0) is 31.5 Å². The molecule has 0 spiro atoms. The monoisotopic (exact) mass is 242 g/mol. The van der Waals surface area contributed by atoms with Crippen molar-refractivity contribution >= 4 is 5.91 Å². The van der Waals surface area contributed by atoms with Gasteiger partial charge < -0.3 is 11.1 Å². The van der Waals surface area contributed by atoms with Gasteiger partial charge in [0.15, 0.2) is 0 Å². The van der Waals surface area contributed by atoms with Gasteiger partial charge in [0, 0.05) is 18.2 Å². The van der Waals surface area contributed by atoms with E-state index in [9.17, 15) is 13.6 Å². The maximum absolute atomic E-state index is 13.2. The van der Waals surface area contributed by atoms with E-state index >= 15 is 0 Å². The Morgan fingerprint density at radius 1 is 1.47 bits per heavy atom. The number of amides is 1. The van der Waals surface area contributed by atoms with Crippen LogP contribution in [0.2, 0.25) is 0 Å². The topological polar surface area (TPSA) is 55.1 Å². The fourth-order valence-electron chi connectivity index (χ4n) is 1.35. The van der Waals surface area contributed by atoms with Crippen molar-refractivity contribution in [2.75, 3.05) is 6.54 Å². The van der Waals surface area contributed by atoms with Gasteiger partial charge in [-0.15, -0.1) is 0 Å². The van der Waals surface area contributed by atoms with Crippen molar-refractivity contribution in [3.63, 3.8) is 0 Å². The summed E-state index contributed by atoms with van der Waals surface area (Å²) in [5, 5.41) is 2.60. The van der Waals surface area contributed by atoms with Gasteiger partial charge in [0.05, 0.1) is 6.42 Å². The summed E-state index contributed by atoms with van der Waals surface area (Å²) in [4.78, 5) is 11.4. The van der Waals surface area contributed by atoms with Crippen LogP contribution in [0.25, 0.3) is 0 Å². The molecule has 0 bridgehead atoms. The lowest BCUT2D eigenvalue weighted by atomic mass is 10.1. The second-order valence-corrected chi connectivity index (χ2v) is 4.03. The van der Waals surface area contributed by atoms with Gasteiger partial charge in [0.2, 0.25) is 5.91 Å².